The molecule has 1 aromatic heterocycles. The number of ether oxygens (including phenoxy) is 2. The number of methoxy groups -OCH3 is 1. The zero-order valence-electron chi connectivity index (χ0n) is 16.7. The largest absolute Gasteiger partial charge is 0.488 e. The fourth-order valence-electron chi connectivity index (χ4n) is 2.80. The van der Waals surface area contributed by atoms with Gasteiger partial charge in [0.25, 0.3) is 5.91 Å². The first-order chi connectivity index (χ1) is 14.4. The maximum Gasteiger partial charge on any atom is 0.337 e. The molecule has 0 fully saturated rings. The molecule has 0 radical (unpaired) electrons. The van der Waals surface area contributed by atoms with Crippen LogP contribution in [0.15, 0.2) is 47.0 Å². The molecule has 0 aliphatic heterocycles. The minimum atomic E-state index is -0.507. The van der Waals surface area contributed by atoms with E-state index in [0.29, 0.717) is 28.3 Å². The number of amides is 1. The number of carbonyl (C=O) groups is 2. The van der Waals surface area contributed by atoms with E-state index in [9.17, 15) is 14.9 Å². The Balaban J connectivity index is 1.85. The summed E-state index contributed by atoms with van der Waals surface area (Å²) in [4.78, 5) is 24.6. The van der Waals surface area contributed by atoms with E-state index in [-0.39, 0.29) is 17.9 Å². The summed E-state index contributed by atoms with van der Waals surface area (Å²) in [5.74, 6) is -0.0894. The summed E-state index contributed by atoms with van der Waals surface area (Å²) in [7, 11) is 1.28. The lowest BCUT2D eigenvalue weighted by Crippen LogP contribution is -2.14. The van der Waals surface area contributed by atoms with E-state index in [2.05, 4.69) is 10.5 Å². The van der Waals surface area contributed by atoms with Gasteiger partial charge in [-0.25, -0.2) is 4.79 Å². The van der Waals surface area contributed by atoms with Crippen molar-refractivity contribution in [2.75, 3.05) is 12.4 Å². The Hall–Kier alpha value is -4.12. The Morgan fingerprint density at radius 2 is 2.00 bits per heavy atom. The van der Waals surface area contributed by atoms with Crippen molar-refractivity contribution in [3.8, 4) is 11.8 Å². The molecule has 0 saturated carbocycles. The lowest BCUT2D eigenvalue weighted by molar-refractivity contribution is 0.0600. The van der Waals surface area contributed by atoms with Crippen molar-refractivity contribution in [1.29, 1.82) is 5.26 Å². The van der Waals surface area contributed by atoms with E-state index < -0.39 is 11.9 Å². The molecule has 0 aliphatic carbocycles. The van der Waals surface area contributed by atoms with Gasteiger partial charge in [-0.05, 0) is 50.2 Å². The highest BCUT2D eigenvalue weighted by molar-refractivity contribution is 6.06. The number of carbonyl (C=O) groups excluding carboxylic acids is 2. The lowest BCUT2D eigenvalue weighted by Gasteiger charge is -2.13. The maximum atomic E-state index is 12.9. The normalized spacial score (nSPS) is 10.2. The van der Waals surface area contributed by atoms with Crippen molar-refractivity contribution >= 4 is 17.6 Å². The highest BCUT2D eigenvalue weighted by Crippen LogP contribution is 2.24. The summed E-state index contributed by atoms with van der Waals surface area (Å²) in [6, 6.07) is 13.0. The Morgan fingerprint density at radius 3 is 2.67 bits per heavy atom. The number of anilines is 1. The van der Waals surface area contributed by atoms with Gasteiger partial charge >= 0.3 is 5.97 Å². The summed E-state index contributed by atoms with van der Waals surface area (Å²) in [6.45, 7) is 3.70. The fraction of sp³-hybridized carbons (Fsp3) is 0.182. The summed E-state index contributed by atoms with van der Waals surface area (Å²) in [5.41, 5.74) is 2.79. The van der Waals surface area contributed by atoms with Crippen molar-refractivity contribution in [1.82, 2.24) is 5.16 Å². The molecular formula is C22H19N3O5. The molecular weight excluding hydrogens is 386 g/mol. The van der Waals surface area contributed by atoms with E-state index in [1.165, 1.54) is 31.4 Å². The van der Waals surface area contributed by atoms with Gasteiger partial charge in [-0.15, -0.1) is 0 Å². The Kier molecular flexibility index (Phi) is 6.13. The Bertz CT molecular complexity index is 1120. The number of nitrogens with one attached hydrogen (secondary N) is 1. The van der Waals surface area contributed by atoms with Crippen molar-refractivity contribution < 1.29 is 23.6 Å². The van der Waals surface area contributed by atoms with E-state index in [1.807, 2.05) is 6.07 Å². The van der Waals surface area contributed by atoms with Gasteiger partial charge in [0.15, 0.2) is 0 Å². The molecule has 1 heterocycles. The van der Waals surface area contributed by atoms with Crippen LogP contribution in [0.2, 0.25) is 0 Å². The summed E-state index contributed by atoms with van der Waals surface area (Å²) >= 11 is 0. The van der Waals surface area contributed by atoms with Gasteiger partial charge in [-0.2, -0.15) is 5.26 Å². The predicted octanol–water partition coefficient (Wildman–Crippen LogP) is 3.78. The molecule has 0 spiro atoms. The quantitative estimate of drug-likeness (QED) is 0.621. The van der Waals surface area contributed by atoms with Gasteiger partial charge in [0, 0.05) is 5.69 Å². The number of nitriles is 1. The third kappa shape index (κ3) is 4.47. The average Bonchev–Trinajstić information content (AvgIpc) is 3.08. The van der Waals surface area contributed by atoms with Gasteiger partial charge in [-0.3, -0.25) is 4.79 Å². The molecule has 3 rings (SSSR count). The van der Waals surface area contributed by atoms with Crippen LogP contribution in [0.25, 0.3) is 0 Å². The second kappa shape index (κ2) is 8.92. The number of hydrogen-bond acceptors (Lipinski definition) is 7. The molecule has 0 unspecified atom stereocenters. The van der Waals surface area contributed by atoms with Crippen LogP contribution in [0.3, 0.4) is 0 Å². The van der Waals surface area contributed by atoms with Crippen LogP contribution in [0.4, 0.5) is 5.69 Å². The molecule has 1 N–H and O–H groups in total. The van der Waals surface area contributed by atoms with E-state index >= 15 is 0 Å². The summed E-state index contributed by atoms with van der Waals surface area (Å²) < 4.78 is 15.7. The third-order valence-corrected chi connectivity index (χ3v) is 4.45. The number of rotatable bonds is 6. The highest BCUT2D eigenvalue weighted by Gasteiger charge is 2.17. The van der Waals surface area contributed by atoms with Crippen LogP contribution in [0.5, 0.6) is 5.75 Å². The van der Waals surface area contributed by atoms with Gasteiger partial charge < -0.3 is 19.3 Å². The Labute approximate surface area is 173 Å². The molecule has 0 bridgehead atoms. The number of hydrogen-bond donors (Lipinski definition) is 1. The number of aryl methyl sites for hydroxylation is 2. The van der Waals surface area contributed by atoms with Crippen molar-refractivity contribution in [3.05, 3.63) is 76.2 Å². The van der Waals surface area contributed by atoms with Crippen molar-refractivity contribution in [3.63, 3.8) is 0 Å². The van der Waals surface area contributed by atoms with Crippen LogP contribution < -0.4 is 10.1 Å². The van der Waals surface area contributed by atoms with Crippen LogP contribution in [0, 0.1) is 25.2 Å². The molecule has 8 nitrogen and oxygen atoms in total. The second-order valence-corrected chi connectivity index (χ2v) is 6.44. The first-order valence-corrected chi connectivity index (χ1v) is 9.01. The van der Waals surface area contributed by atoms with E-state index in [4.69, 9.17) is 14.0 Å². The number of aromatic nitrogens is 1. The van der Waals surface area contributed by atoms with Gasteiger partial charge in [0.2, 0.25) is 0 Å². The summed E-state index contributed by atoms with van der Waals surface area (Å²) in [6.07, 6.45) is 0. The first kappa shape index (κ1) is 20.6. The molecule has 0 saturated heterocycles. The molecule has 0 atom stereocenters. The molecule has 30 heavy (non-hydrogen) atoms. The van der Waals surface area contributed by atoms with Gasteiger partial charge in [-0.1, -0.05) is 11.2 Å². The molecule has 2 aromatic carbocycles. The fourth-order valence-corrected chi connectivity index (χ4v) is 2.80. The molecule has 152 valence electrons. The highest BCUT2D eigenvalue weighted by atomic mass is 16.5. The molecule has 8 heteroatoms. The Morgan fingerprint density at radius 1 is 1.20 bits per heavy atom. The predicted molar refractivity (Wildman–Crippen MR) is 107 cm³/mol. The number of esters is 1. The van der Waals surface area contributed by atoms with E-state index in [0.717, 1.165) is 5.56 Å². The van der Waals surface area contributed by atoms with Crippen LogP contribution in [-0.2, 0) is 11.3 Å². The van der Waals surface area contributed by atoms with E-state index in [1.54, 1.807) is 32.0 Å². The smallest absolute Gasteiger partial charge is 0.337 e. The zero-order chi connectivity index (χ0) is 21.7. The SMILES string of the molecule is COC(=O)c1cccc(NC(=O)c2ccc(C#N)cc2OCc2c(C)noc2C)c1. The third-order valence-electron chi connectivity index (χ3n) is 4.45. The van der Waals surface area contributed by atoms with Gasteiger partial charge in [0.05, 0.1) is 41.1 Å². The van der Waals surface area contributed by atoms with Crippen molar-refractivity contribution in [2.45, 2.75) is 20.5 Å². The number of benzene rings is 2. The molecule has 0 aliphatic rings. The lowest BCUT2D eigenvalue weighted by atomic mass is 10.1. The summed E-state index contributed by atoms with van der Waals surface area (Å²) in [5, 5.41) is 15.8. The minimum absolute atomic E-state index is 0.133. The van der Waals surface area contributed by atoms with Crippen LogP contribution >= 0.6 is 0 Å². The zero-order valence-corrected chi connectivity index (χ0v) is 16.7. The molecule has 3 aromatic rings. The monoisotopic (exact) mass is 405 g/mol. The molecule has 1 amide bonds. The second-order valence-electron chi connectivity index (χ2n) is 6.44. The van der Waals surface area contributed by atoms with Crippen LogP contribution in [0.1, 0.15) is 43.3 Å². The first-order valence-electron chi connectivity index (χ1n) is 9.01. The van der Waals surface area contributed by atoms with Crippen molar-refractivity contribution in [2.24, 2.45) is 0 Å². The van der Waals surface area contributed by atoms with Crippen LogP contribution in [-0.4, -0.2) is 24.1 Å². The minimum Gasteiger partial charge on any atom is -0.488 e. The maximum absolute atomic E-state index is 12.9. The standard InChI is InChI=1S/C22H19N3O5/c1-13-19(14(2)30-25-13)12-29-20-9-15(11-23)7-8-18(20)21(26)24-17-6-4-5-16(10-17)22(27)28-3/h4-10H,12H2,1-3H3,(H,24,26). The average molecular weight is 405 g/mol. The number of nitrogens with zero attached hydrogens (tertiary/aromatic N) is 2. The topological polar surface area (TPSA) is 114 Å². The van der Waals surface area contributed by atoms with Gasteiger partial charge in [0.1, 0.15) is 18.1 Å².